The summed E-state index contributed by atoms with van der Waals surface area (Å²) in [7, 11) is -3.55. The summed E-state index contributed by atoms with van der Waals surface area (Å²) in [5, 5.41) is 2.81. The number of fused-ring (bicyclic) bond motifs is 1. The molecule has 0 bridgehead atoms. The lowest BCUT2D eigenvalue weighted by Gasteiger charge is -2.24. The Labute approximate surface area is 162 Å². The van der Waals surface area contributed by atoms with E-state index in [1.165, 1.54) is 16.6 Å². The third-order valence-corrected chi connectivity index (χ3v) is 7.72. The molecule has 0 aromatic carbocycles. The van der Waals surface area contributed by atoms with Gasteiger partial charge in [-0.15, -0.1) is 0 Å². The molecule has 0 radical (unpaired) electrons. The molecule has 2 aromatic rings. The zero-order valence-electron chi connectivity index (χ0n) is 15.0. The number of amides is 1. The fourth-order valence-electron chi connectivity index (χ4n) is 3.41. The van der Waals surface area contributed by atoms with Crippen molar-refractivity contribution in [2.75, 3.05) is 24.6 Å². The molecule has 1 saturated heterocycles. The van der Waals surface area contributed by atoms with Crippen LogP contribution in [0.15, 0.2) is 23.4 Å². The average molecular weight is 410 g/mol. The zero-order valence-corrected chi connectivity index (χ0v) is 16.6. The number of rotatable bonds is 5. The predicted octanol–water partition coefficient (Wildman–Crippen LogP) is 1.21. The standard InChI is InChI=1S/C17H23N5O3S2/c23-17(19-10-13-12-21-4-2-1-3-16(21)20-13)15-9-14(11-18-15)27(24,25)22-5-7-26-8-6-22/h9,11-12,18H,1-8,10H2,(H,19,23). The van der Waals surface area contributed by atoms with Crippen LogP contribution in [0.25, 0.3) is 0 Å². The van der Waals surface area contributed by atoms with Crippen LogP contribution < -0.4 is 5.32 Å². The van der Waals surface area contributed by atoms with Gasteiger partial charge in [-0.2, -0.15) is 16.1 Å². The van der Waals surface area contributed by atoms with Crippen LogP contribution in [0.4, 0.5) is 0 Å². The number of nitrogens with zero attached hydrogens (tertiary/aromatic N) is 3. The van der Waals surface area contributed by atoms with Gasteiger partial charge in [0.1, 0.15) is 16.4 Å². The van der Waals surface area contributed by atoms with Crippen LogP contribution >= 0.6 is 11.8 Å². The monoisotopic (exact) mass is 409 g/mol. The van der Waals surface area contributed by atoms with Gasteiger partial charge in [-0.25, -0.2) is 13.4 Å². The van der Waals surface area contributed by atoms with Crippen molar-refractivity contribution in [3.63, 3.8) is 0 Å². The van der Waals surface area contributed by atoms with E-state index in [2.05, 4.69) is 19.9 Å². The SMILES string of the molecule is O=C(NCc1cn2c(n1)CCCC2)c1cc(S(=O)(=O)N2CCSCC2)c[nH]1. The van der Waals surface area contributed by atoms with Gasteiger partial charge in [0.25, 0.3) is 5.91 Å². The minimum Gasteiger partial charge on any atom is -0.356 e. The Morgan fingerprint density at radius 1 is 1.26 bits per heavy atom. The molecule has 1 fully saturated rings. The van der Waals surface area contributed by atoms with Crippen molar-refractivity contribution < 1.29 is 13.2 Å². The molecule has 4 rings (SSSR count). The molecule has 10 heteroatoms. The normalized spacial score (nSPS) is 18.2. The average Bonchev–Trinajstić information content (AvgIpc) is 3.34. The summed E-state index contributed by atoms with van der Waals surface area (Å²) in [4.78, 5) is 19.9. The molecule has 2 aliphatic heterocycles. The third kappa shape index (κ3) is 3.92. The Bertz CT molecular complexity index is 905. The van der Waals surface area contributed by atoms with Crippen molar-refractivity contribution in [2.45, 2.75) is 37.2 Å². The molecule has 8 nitrogen and oxygen atoms in total. The maximum Gasteiger partial charge on any atom is 0.268 e. The minimum absolute atomic E-state index is 0.136. The van der Waals surface area contributed by atoms with E-state index < -0.39 is 10.0 Å². The number of aromatic nitrogens is 3. The van der Waals surface area contributed by atoms with Crippen molar-refractivity contribution in [3.8, 4) is 0 Å². The summed E-state index contributed by atoms with van der Waals surface area (Å²) >= 11 is 1.75. The molecule has 0 spiro atoms. The number of imidazole rings is 1. The fraction of sp³-hybridized carbons (Fsp3) is 0.529. The predicted molar refractivity (Wildman–Crippen MR) is 103 cm³/mol. The van der Waals surface area contributed by atoms with Gasteiger partial charge in [0.2, 0.25) is 10.0 Å². The minimum atomic E-state index is -3.55. The van der Waals surface area contributed by atoms with Gasteiger partial charge >= 0.3 is 0 Å². The Kier molecular flexibility index (Phi) is 5.29. The van der Waals surface area contributed by atoms with Crippen LogP contribution in [0.5, 0.6) is 0 Å². The Morgan fingerprint density at radius 3 is 2.85 bits per heavy atom. The van der Waals surface area contributed by atoms with E-state index in [0.29, 0.717) is 19.6 Å². The van der Waals surface area contributed by atoms with Crippen molar-refractivity contribution in [1.29, 1.82) is 0 Å². The first-order valence-corrected chi connectivity index (χ1v) is 11.7. The number of thioether (sulfide) groups is 1. The number of hydrogen-bond acceptors (Lipinski definition) is 5. The quantitative estimate of drug-likeness (QED) is 0.773. The first-order chi connectivity index (χ1) is 13.0. The lowest BCUT2D eigenvalue weighted by atomic mass is 10.2. The smallest absolute Gasteiger partial charge is 0.268 e. The highest BCUT2D eigenvalue weighted by Crippen LogP contribution is 2.21. The number of nitrogens with one attached hydrogen (secondary N) is 2. The number of hydrogen-bond donors (Lipinski definition) is 2. The van der Waals surface area contributed by atoms with Crippen molar-refractivity contribution in [3.05, 3.63) is 35.7 Å². The second-order valence-electron chi connectivity index (χ2n) is 6.75. The van der Waals surface area contributed by atoms with Gasteiger partial charge in [-0.05, 0) is 18.9 Å². The Balaban J connectivity index is 1.40. The van der Waals surface area contributed by atoms with Crippen LogP contribution in [0.1, 0.15) is 34.8 Å². The van der Waals surface area contributed by atoms with E-state index in [-0.39, 0.29) is 16.5 Å². The van der Waals surface area contributed by atoms with Crippen LogP contribution in [-0.2, 0) is 29.5 Å². The molecule has 2 aromatic heterocycles. The first kappa shape index (κ1) is 18.6. The Morgan fingerprint density at radius 2 is 2.07 bits per heavy atom. The number of aryl methyl sites for hydroxylation is 2. The van der Waals surface area contributed by atoms with Crippen LogP contribution in [0.3, 0.4) is 0 Å². The van der Waals surface area contributed by atoms with Crippen LogP contribution in [-0.4, -0.2) is 57.8 Å². The van der Waals surface area contributed by atoms with Gasteiger partial charge in [-0.1, -0.05) is 0 Å². The highest BCUT2D eigenvalue weighted by Gasteiger charge is 2.27. The van der Waals surface area contributed by atoms with Gasteiger partial charge < -0.3 is 14.9 Å². The van der Waals surface area contributed by atoms with Crippen molar-refractivity contribution in [1.82, 2.24) is 24.2 Å². The van der Waals surface area contributed by atoms with Crippen LogP contribution in [0, 0.1) is 0 Å². The number of H-pyrrole nitrogens is 1. The molecule has 146 valence electrons. The lowest BCUT2D eigenvalue weighted by molar-refractivity contribution is 0.0946. The van der Waals surface area contributed by atoms with E-state index in [9.17, 15) is 13.2 Å². The molecule has 2 aliphatic rings. The summed E-state index contributed by atoms with van der Waals surface area (Å²) in [6.45, 7) is 2.31. The molecule has 27 heavy (non-hydrogen) atoms. The van der Waals surface area contributed by atoms with Crippen molar-refractivity contribution >= 4 is 27.7 Å². The second-order valence-corrected chi connectivity index (χ2v) is 9.91. The van der Waals surface area contributed by atoms with E-state index in [1.807, 2.05) is 6.20 Å². The molecular weight excluding hydrogens is 386 g/mol. The van der Waals surface area contributed by atoms with Gasteiger partial charge in [0.05, 0.1) is 12.2 Å². The largest absolute Gasteiger partial charge is 0.356 e. The highest BCUT2D eigenvalue weighted by atomic mass is 32.2. The molecule has 0 aliphatic carbocycles. The number of carbonyl (C=O) groups is 1. The summed E-state index contributed by atoms with van der Waals surface area (Å²) in [5.74, 6) is 2.33. The zero-order chi connectivity index (χ0) is 18.9. The molecule has 4 heterocycles. The molecule has 2 N–H and O–H groups in total. The Hall–Kier alpha value is -1.78. The van der Waals surface area contributed by atoms with E-state index >= 15 is 0 Å². The molecule has 0 atom stereocenters. The molecule has 0 unspecified atom stereocenters. The fourth-order valence-corrected chi connectivity index (χ4v) is 5.98. The number of aromatic amines is 1. The maximum absolute atomic E-state index is 12.7. The summed E-state index contributed by atoms with van der Waals surface area (Å²) in [6.07, 6.45) is 6.65. The first-order valence-electron chi connectivity index (χ1n) is 9.13. The van der Waals surface area contributed by atoms with Gasteiger partial charge in [0.15, 0.2) is 0 Å². The second kappa shape index (κ2) is 7.69. The molecule has 0 saturated carbocycles. The highest BCUT2D eigenvalue weighted by molar-refractivity contribution is 7.99. The van der Waals surface area contributed by atoms with E-state index in [4.69, 9.17) is 0 Å². The molecule has 1 amide bonds. The van der Waals surface area contributed by atoms with Crippen LogP contribution in [0.2, 0.25) is 0 Å². The third-order valence-electron chi connectivity index (χ3n) is 4.90. The summed E-state index contributed by atoms with van der Waals surface area (Å²) in [6, 6.07) is 1.41. The topological polar surface area (TPSA) is 100 Å². The van der Waals surface area contributed by atoms with Gasteiger partial charge in [0, 0.05) is 50.0 Å². The summed E-state index contributed by atoms with van der Waals surface area (Å²) < 4.78 is 29.0. The maximum atomic E-state index is 12.7. The lowest BCUT2D eigenvalue weighted by Crippen LogP contribution is -2.37. The van der Waals surface area contributed by atoms with E-state index in [1.54, 1.807) is 11.8 Å². The van der Waals surface area contributed by atoms with Crippen molar-refractivity contribution in [2.24, 2.45) is 0 Å². The van der Waals surface area contributed by atoms with Gasteiger partial charge in [-0.3, -0.25) is 4.79 Å². The number of sulfonamides is 1. The van der Waals surface area contributed by atoms with E-state index in [0.717, 1.165) is 48.8 Å². The summed E-state index contributed by atoms with van der Waals surface area (Å²) in [5.41, 5.74) is 1.06. The number of carbonyl (C=O) groups excluding carboxylic acids is 1. The molecular formula is C17H23N5O3S2.